The Hall–Kier alpha value is -2.47. The summed E-state index contributed by atoms with van der Waals surface area (Å²) in [6.45, 7) is 0.440. The predicted octanol–water partition coefficient (Wildman–Crippen LogP) is 0.590. The lowest BCUT2D eigenvalue weighted by Gasteiger charge is -2.12. The molecule has 2 rings (SSSR count). The summed E-state index contributed by atoms with van der Waals surface area (Å²) in [5.41, 5.74) is 6.90. The van der Waals surface area contributed by atoms with Crippen LogP contribution in [-0.4, -0.2) is 22.6 Å². The lowest BCUT2D eigenvalue weighted by Crippen LogP contribution is -2.28. The van der Waals surface area contributed by atoms with Crippen molar-refractivity contribution in [3.63, 3.8) is 0 Å². The molecule has 6 heteroatoms. The van der Waals surface area contributed by atoms with Gasteiger partial charge >= 0.3 is 0 Å². The molecule has 0 aliphatic rings. The molecular formula is C14H16N4O2. The molecule has 1 aromatic carbocycles. The number of carbonyl (C=O) groups is 1. The SMILES string of the molecule is NC(CCNC(=O)c1ccc(=O)[nH]n1)c1ccccc1. The Balaban J connectivity index is 1.82. The first-order valence-electron chi connectivity index (χ1n) is 6.31. The van der Waals surface area contributed by atoms with E-state index in [0.29, 0.717) is 13.0 Å². The molecule has 0 spiro atoms. The number of H-pyrrole nitrogens is 1. The number of rotatable bonds is 5. The van der Waals surface area contributed by atoms with Crippen LogP contribution < -0.4 is 16.6 Å². The summed E-state index contributed by atoms with van der Waals surface area (Å²) in [4.78, 5) is 22.6. The van der Waals surface area contributed by atoms with E-state index in [9.17, 15) is 9.59 Å². The molecular weight excluding hydrogens is 256 g/mol. The van der Waals surface area contributed by atoms with Gasteiger partial charge in [-0.25, -0.2) is 5.10 Å². The third-order valence-corrected chi connectivity index (χ3v) is 2.88. The van der Waals surface area contributed by atoms with Crippen LogP contribution in [-0.2, 0) is 0 Å². The molecule has 1 unspecified atom stereocenters. The summed E-state index contributed by atoms with van der Waals surface area (Å²) in [7, 11) is 0. The second-order valence-corrected chi connectivity index (χ2v) is 4.37. The quantitative estimate of drug-likeness (QED) is 0.741. The summed E-state index contributed by atoms with van der Waals surface area (Å²) >= 11 is 0. The molecule has 0 bridgehead atoms. The van der Waals surface area contributed by atoms with Crippen molar-refractivity contribution >= 4 is 5.91 Å². The van der Waals surface area contributed by atoms with Crippen molar-refractivity contribution in [1.29, 1.82) is 0 Å². The molecule has 1 amide bonds. The van der Waals surface area contributed by atoms with Crippen LogP contribution in [0, 0.1) is 0 Å². The number of nitrogens with two attached hydrogens (primary N) is 1. The van der Waals surface area contributed by atoms with Gasteiger partial charge in [0.1, 0.15) is 5.69 Å². The Morgan fingerprint density at radius 2 is 2.00 bits per heavy atom. The fourth-order valence-corrected chi connectivity index (χ4v) is 1.77. The van der Waals surface area contributed by atoms with E-state index in [2.05, 4.69) is 15.5 Å². The Morgan fingerprint density at radius 1 is 1.25 bits per heavy atom. The minimum Gasteiger partial charge on any atom is -0.351 e. The zero-order chi connectivity index (χ0) is 14.4. The van der Waals surface area contributed by atoms with Crippen molar-refractivity contribution in [3.05, 3.63) is 64.1 Å². The number of hydrogen-bond acceptors (Lipinski definition) is 4. The van der Waals surface area contributed by atoms with E-state index in [1.54, 1.807) is 0 Å². The number of amides is 1. The Bertz CT molecular complexity index is 604. The molecule has 1 aromatic heterocycles. The van der Waals surface area contributed by atoms with E-state index in [1.807, 2.05) is 30.3 Å². The largest absolute Gasteiger partial charge is 0.351 e. The highest BCUT2D eigenvalue weighted by Crippen LogP contribution is 2.12. The predicted molar refractivity (Wildman–Crippen MR) is 75.2 cm³/mol. The maximum atomic E-state index is 11.7. The maximum absolute atomic E-state index is 11.7. The summed E-state index contributed by atoms with van der Waals surface area (Å²) in [5, 5.41) is 8.58. The number of hydrogen-bond donors (Lipinski definition) is 3. The maximum Gasteiger partial charge on any atom is 0.271 e. The minimum atomic E-state index is -0.340. The topological polar surface area (TPSA) is 101 Å². The highest BCUT2D eigenvalue weighted by atomic mass is 16.2. The standard InChI is InChI=1S/C14H16N4O2/c15-11(10-4-2-1-3-5-10)8-9-16-14(20)12-6-7-13(19)18-17-12/h1-7,11H,8-9,15H2,(H,16,20)(H,18,19). The Kier molecular flexibility index (Phi) is 4.62. The molecule has 0 saturated carbocycles. The number of aromatic nitrogens is 2. The van der Waals surface area contributed by atoms with Crippen LogP contribution in [0.1, 0.15) is 28.5 Å². The molecule has 0 aliphatic carbocycles. The lowest BCUT2D eigenvalue weighted by molar-refractivity contribution is 0.0946. The number of benzene rings is 1. The summed E-state index contributed by atoms with van der Waals surface area (Å²) in [5.74, 6) is -0.332. The van der Waals surface area contributed by atoms with Crippen molar-refractivity contribution in [2.45, 2.75) is 12.5 Å². The average Bonchev–Trinajstić information content (AvgIpc) is 2.48. The highest BCUT2D eigenvalue weighted by molar-refractivity contribution is 5.91. The summed E-state index contributed by atoms with van der Waals surface area (Å²) in [6, 6.07) is 12.2. The monoisotopic (exact) mass is 272 g/mol. The number of nitrogens with zero attached hydrogens (tertiary/aromatic N) is 1. The Labute approximate surface area is 116 Å². The molecule has 0 aliphatic heterocycles. The van der Waals surface area contributed by atoms with Crippen LogP contribution in [0.2, 0.25) is 0 Å². The number of carbonyl (C=O) groups excluding carboxylic acids is 1. The molecule has 104 valence electrons. The smallest absolute Gasteiger partial charge is 0.271 e. The van der Waals surface area contributed by atoms with Gasteiger partial charge in [0.05, 0.1) is 0 Å². The fraction of sp³-hybridized carbons (Fsp3) is 0.214. The minimum absolute atomic E-state index is 0.125. The molecule has 20 heavy (non-hydrogen) atoms. The van der Waals surface area contributed by atoms with Crippen molar-refractivity contribution in [3.8, 4) is 0 Å². The van der Waals surface area contributed by atoms with Crippen molar-refractivity contribution in [2.75, 3.05) is 6.54 Å². The van der Waals surface area contributed by atoms with E-state index in [1.165, 1.54) is 12.1 Å². The van der Waals surface area contributed by atoms with Crippen molar-refractivity contribution in [2.24, 2.45) is 5.73 Å². The molecule has 6 nitrogen and oxygen atoms in total. The van der Waals surface area contributed by atoms with Gasteiger partial charge in [0.2, 0.25) is 0 Å². The van der Waals surface area contributed by atoms with Crippen LogP contribution >= 0.6 is 0 Å². The molecule has 0 radical (unpaired) electrons. The summed E-state index contributed by atoms with van der Waals surface area (Å²) < 4.78 is 0. The highest BCUT2D eigenvalue weighted by Gasteiger charge is 2.09. The average molecular weight is 272 g/mol. The molecule has 4 N–H and O–H groups in total. The number of nitrogens with one attached hydrogen (secondary N) is 2. The normalized spacial score (nSPS) is 11.8. The number of aromatic amines is 1. The molecule has 0 saturated heterocycles. The molecule has 0 fully saturated rings. The van der Waals surface area contributed by atoms with Crippen LogP contribution in [0.15, 0.2) is 47.3 Å². The molecule has 1 atom stereocenters. The van der Waals surface area contributed by atoms with Crippen molar-refractivity contribution < 1.29 is 4.79 Å². The van der Waals surface area contributed by atoms with Gasteiger partial charge in [-0.1, -0.05) is 30.3 Å². The van der Waals surface area contributed by atoms with Gasteiger partial charge in [-0.2, -0.15) is 5.10 Å². The Morgan fingerprint density at radius 3 is 2.65 bits per heavy atom. The van der Waals surface area contributed by atoms with Crippen LogP contribution in [0.3, 0.4) is 0 Å². The van der Waals surface area contributed by atoms with Crippen molar-refractivity contribution in [1.82, 2.24) is 15.5 Å². The van der Waals surface area contributed by atoms with Gasteiger partial charge < -0.3 is 11.1 Å². The molecule has 1 heterocycles. The van der Waals surface area contributed by atoms with E-state index in [-0.39, 0.29) is 23.2 Å². The van der Waals surface area contributed by atoms with Gasteiger partial charge in [0, 0.05) is 18.7 Å². The van der Waals surface area contributed by atoms with Gasteiger partial charge in [0.25, 0.3) is 11.5 Å². The van der Waals surface area contributed by atoms with Gasteiger partial charge in [-0.05, 0) is 18.1 Å². The fourth-order valence-electron chi connectivity index (χ4n) is 1.77. The first-order valence-corrected chi connectivity index (χ1v) is 6.31. The summed E-state index contributed by atoms with van der Waals surface area (Å²) in [6.07, 6.45) is 0.624. The van der Waals surface area contributed by atoms with Crippen LogP contribution in [0.5, 0.6) is 0 Å². The van der Waals surface area contributed by atoms with Crippen LogP contribution in [0.25, 0.3) is 0 Å². The first-order chi connectivity index (χ1) is 9.66. The third-order valence-electron chi connectivity index (χ3n) is 2.88. The van der Waals surface area contributed by atoms with E-state index in [4.69, 9.17) is 5.73 Å². The van der Waals surface area contributed by atoms with Gasteiger partial charge in [-0.3, -0.25) is 9.59 Å². The lowest BCUT2D eigenvalue weighted by atomic mass is 10.1. The van der Waals surface area contributed by atoms with E-state index < -0.39 is 0 Å². The first kappa shape index (κ1) is 14.0. The van der Waals surface area contributed by atoms with E-state index in [0.717, 1.165) is 5.56 Å². The van der Waals surface area contributed by atoms with Crippen LogP contribution in [0.4, 0.5) is 0 Å². The third kappa shape index (κ3) is 3.76. The molecule has 2 aromatic rings. The zero-order valence-corrected chi connectivity index (χ0v) is 10.9. The van der Waals surface area contributed by atoms with Gasteiger partial charge in [0.15, 0.2) is 0 Å². The second-order valence-electron chi connectivity index (χ2n) is 4.37. The van der Waals surface area contributed by atoms with E-state index >= 15 is 0 Å². The second kappa shape index (κ2) is 6.63. The zero-order valence-electron chi connectivity index (χ0n) is 10.9. The van der Waals surface area contributed by atoms with Gasteiger partial charge in [-0.15, -0.1) is 0 Å².